The van der Waals surface area contributed by atoms with Gasteiger partial charge in [0.25, 0.3) is 5.97 Å². The van der Waals surface area contributed by atoms with Crippen molar-refractivity contribution >= 4 is 12.0 Å². The fourth-order valence-corrected chi connectivity index (χ4v) is 1.48. The second-order valence-electron chi connectivity index (χ2n) is 3.91. The van der Waals surface area contributed by atoms with Gasteiger partial charge in [0.15, 0.2) is 0 Å². The van der Waals surface area contributed by atoms with Crippen LogP contribution in [0.3, 0.4) is 0 Å². The van der Waals surface area contributed by atoms with Gasteiger partial charge in [-0.1, -0.05) is 30.2 Å². The molecule has 0 spiro atoms. The normalized spacial score (nSPS) is 10.9. The molecule has 0 aromatic heterocycles. The van der Waals surface area contributed by atoms with Crippen molar-refractivity contribution in [1.29, 1.82) is 0 Å². The lowest BCUT2D eigenvalue weighted by molar-refractivity contribution is -0.270. The van der Waals surface area contributed by atoms with Gasteiger partial charge in [-0.25, -0.2) is 0 Å². The molecule has 0 aliphatic heterocycles. The second kappa shape index (κ2) is 5.87. The number of carbonyl (C=O) groups is 1. The standard InChI is InChI=1S/C14H15NO3/c1-5-13(16)18-12(15-4)8-11-6-9(2)14(17)10(3)7-11/h6-8,17H,5H2,1-3H3/p-1. The van der Waals surface area contributed by atoms with Crippen molar-refractivity contribution in [2.45, 2.75) is 27.2 Å². The van der Waals surface area contributed by atoms with Crippen LogP contribution in [0.1, 0.15) is 30.0 Å². The molecule has 1 aromatic rings. The summed E-state index contributed by atoms with van der Waals surface area (Å²) >= 11 is 0. The Bertz CT molecular complexity index is 515. The van der Waals surface area contributed by atoms with E-state index < -0.39 is 5.97 Å². The minimum Gasteiger partial charge on any atom is -0.872 e. The Hall–Kier alpha value is -2.28. The average molecular weight is 244 g/mol. The summed E-state index contributed by atoms with van der Waals surface area (Å²) in [6.07, 6.45) is 1.67. The first kappa shape index (κ1) is 13.8. The van der Waals surface area contributed by atoms with Crippen LogP contribution in [0.15, 0.2) is 18.0 Å². The first-order valence-electron chi connectivity index (χ1n) is 5.56. The second-order valence-corrected chi connectivity index (χ2v) is 3.91. The highest BCUT2D eigenvalue weighted by Crippen LogP contribution is 2.22. The number of carbonyl (C=O) groups excluding carboxylic acids is 1. The van der Waals surface area contributed by atoms with Gasteiger partial charge >= 0.3 is 5.88 Å². The van der Waals surface area contributed by atoms with E-state index in [1.807, 2.05) is 0 Å². The van der Waals surface area contributed by atoms with Crippen molar-refractivity contribution in [3.05, 3.63) is 46.1 Å². The zero-order valence-electron chi connectivity index (χ0n) is 10.6. The fraction of sp³-hybridized carbons (Fsp3) is 0.286. The third-order valence-electron chi connectivity index (χ3n) is 2.39. The van der Waals surface area contributed by atoms with Crippen LogP contribution in [-0.2, 0) is 9.53 Å². The topological polar surface area (TPSA) is 53.7 Å². The molecular weight excluding hydrogens is 230 g/mol. The van der Waals surface area contributed by atoms with Gasteiger partial charge in [0.1, 0.15) is 0 Å². The summed E-state index contributed by atoms with van der Waals surface area (Å²) in [5.74, 6) is -0.549. The maximum absolute atomic E-state index is 11.5. The first-order chi connectivity index (χ1) is 8.47. The number of rotatable bonds is 3. The molecule has 0 fully saturated rings. The maximum Gasteiger partial charge on any atom is 0.348 e. The molecule has 18 heavy (non-hydrogen) atoms. The Kier molecular flexibility index (Phi) is 4.50. The maximum atomic E-state index is 11.5. The number of aryl methyl sites for hydroxylation is 2. The lowest BCUT2D eigenvalue weighted by Gasteiger charge is -2.14. The molecule has 0 aliphatic carbocycles. The summed E-state index contributed by atoms with van der Waals surface area (Å²) in [4.78, 5) is 14.2. The van der Waals surface area contributed by atoms with E-state index in [0.29, 0.717) is 16.7 Å². The summed E-state index contributed by atoms with van der Waals surface area (Å²) in [7, 11) is 0. The highest BCUT2D eigenvalue weighted by Gasteiger charge is 2.05. The molecule has 0 N–H and O–H groups in total. The first-order valence-corrected chi connectivity index (χ1v) is 5.56. The van der Waals surface area contributed by atoms with Crippen molar-refractivity contribution in [3.63, 3.8) is 0 Å². The lowest BCUT2D eigenvalue weighted by Crippen LogP contribution is -2.00. The Morgan fingerprint density at radius 1 is 1.44 bits per heavy atom. The molecule has 0 radical (unpaired) electrons. The van der Waals surface area contributed by atoms with Gasteiger partial charge in [-0.2, -0.15) is 4.85 Å². The number of benzene rings is 1. The summed E-state index contributed by atoms with van der Waals surface area (Å²) in [5.41, 5.74) is 1.89. The Morgan fingerprint density at radius 2 is 2.00 bits per heavy atom. The van der Waals surface area contributed by atoms with Gasteiger partial charge in [-0.15, -0.1) is 5.75 Å². The van der Waals surface area contributed by atoms with Crippen LogP contribution in [-0.4, -0.2) is 5.97 Å². The molecule has 0 bridgehead atoms. The van der Waals surface area contributed by atoms with Crippen LogP contribution in [0.2, 0.25) is 0 Å². The lowest BCUT2D eigenvalue weighted by atomic mass is 10.1. The van der Waals surface area contributed by atoms with E-state index in [9.17, 15) is 9.90 Å². The molecule has 4 nitrogen and oxygen atoms in total. The average Bonchev–Trinajstić information content (AvgIpc) is 2.34. The number of esters is 1. The molecule has 0 unspecified atom stereocenters. The molecule has 0 aliphatic rings. The molecule has 0 saturated carbocycles. The van der Waals surface area contributed by atoms with Gasteiger partial charge in [-0.05, 0) is 25.5 Å². The van der Waals surface area contributed by atoms with Crippen LogP contribution in [0.4, 0.5) is 0 Å². The van der Waals surface area contributed by atoms with E-state index in [4.69, 9.17) is 11.3 Å². The van der Waals surface area contributed by atoms with Gasteiger partial charge in [0, 0.05) is 6.42 Å². The summed E-state index contributed by atoms with van der Waals surface area (Å²) in [6, 6.07) is 3.33. The van der Waals surface area contributed by atoms with Crippen LogP contribution in [0, 0.1) is 20.4 Å². The van der Waals surface area contributed by atoms with E-state index >= 15 is 0 Å². The minimum absolute atomic E-state index is 0.0120. The van der Waals surface area contributed by atoms with Gasteiger partial charge in [-0.3, -0.25) is 4.79 Å². The molecular formula is C14H14NO3-. The Labute approximate surface area is 106 Å². The quantitative estimate of drug-likeness (QED) is 0.466. The van der Waals surface area contributed by atoms with Crippen LogP contribution < -0.4 is 5.11 Å². The monoisotopic (exact) mass is 244 g/mol. The molecule has 94 valence electrons. The van der Waals surface area contributed by atoms with Crippen molar-refractivity contribution in [2.75, 3.05) is 0 Å². The largest absolute Gasteiger partial charge is 0.872 e. The zero-order valence-corrected chi connectivity index (χ0v) is 10.6. The zero-order chi connectivity index (χ0) is 13.7. The molecule has 0 saturated heterocycles. The Balaban J connectivity index is 3.07. The van der Waals surface area contributed by atoms with Crippen molar-refractivity contribution < 1.29 is 14.6 Å². The van der Waals surface area contributed by atoms with Crippen molar-refractivity contribution in [1.82, 2.24) is 0 Å². The number of nitrogens with zero attached hydrogens (tertiary/aromatic N) is 1. The fourth-order valence-electron chi connectivity index (χ4n) is 1.48. The van der Waals surface area contributed by atoms with Gasteiger partial charge < -0.3 is 9.84 Å². The smallest absolute Gasteiger partial charge is 0.348 e. The summed E-state index contributed by atoms with van der Waals surface area (Å²) < 4.78 is 4.85. The molecule has 0 atom stereocenters. The number of hydrogen-bond acceptors (Lipinski definition) is 3. The minimum atomic E-state index is -0.453. The van der Waals surface area contributed by atoms with Crippen LogP contribution in [0.25, 0.3) is 10.9 Å². The summed E-state index contributed by atoms with van der Waals surface area (Å²) in [6.45, 7) is 12.0. The third-order valence-corrected chi connectivity index (χ3v) is 2.39. The van der Waals surface area contributed by atoms with Crippen LogP contribution >= 0.6 is 0 Å². The highest BCUT2D eigenvalue weighted by molar-refractivity contribution is 5.72. The summed E-state index contributed by atoms with van der Waals surface area (Å²) in [5, 5.41) is 11.5. The van der Waals surface area contributed by atoms with Crippen molar-refractivity contribution in [2.24, 2.45) is 0 Å². The van der Waals surface area contributed by atoms with Gasteiger partial charge in [0.2, 0.25) is 0 Å². The number of hydrogen-bond donors (Lipinski definition) is 0. The van der Waals surface area contributed by atoms with E-state index in [2.05, 4.69) is 4.85 Å². The molecule has 0 amide bonds. The molecule has 0 heterocycles. The number of ether oxygens (including phenoxy) is 1. The van der Waals surface area contributed by atoms with E-state index in [1.54, 1.807) is 32.9 Å². The van der Waals surface area contributed by atoms with E-state index in [-0.39, 0.29) is 18.1 Å². The Morgan fingerprint density at radius 3 is 2.44 bits per heavy atom. The molecule has 4 heteroatoms. The molecule has 1 aromatic carbocycles. The van der Waals surface area contributed by atoms with E-state index in [0.717, 1.165) is 0 Å². The SMILES string of the molecule is [C-]#[N+]C(=Cc1cc(C)c([O-])c(C)c1)OC(=O)CC. The van der Waals surface area contributed by atoms with Gasteiger partial charge in [0.05, 0.1) is 6.57 Å². The van der Waals surface area contributed by atoms with Crippen LogP contribution in [0.5, 0.6) is 5.75 Å². The predicted octanol–water partition coefficient (Wildman–Crippen LogP) is 2.55. The highest BCUT2D eigenvalue weighted by atomic mass is 16.5. The predicted molar refractivity (Wildman–Crippen MR) is 66.3 cm³/mol. The third kappa shape index (κ3) is 3.36. The molecule has 1 rings (SSSR count). The van der Waals surface area contributed by atoms with E-state index in [1.165, 1.54) is 6.08 Å². The van der Waals surface area contributed by atoms with Crippen molar-refractivity contribution in [3.8, 4) is 5.75 Å².